The van der Waals surface area contributed by atoms with E-state index in [9.17, 15) is 5.11 Å². The van der Waals surface area contributed by atoms with E-state index in [2.05, 4.69) is 16.0 Å². The minimum absolute atomic E-state index is 0.221. The molecule has 3 heteroatoms. The van der Waals surface area contributed by atoms with Crippen molar-refractivity contribution >= 4 is 11.0 Å². The van der Waals surface area contributed by atoms with Crippen molar-refractivity contribution in [3.05, 3.63) is 48.8 Å². The molecule has 16 heavy (non-hydrogen) atoms. The summed E-state index contributed by atoms with van der Waals surface area (Å²) in [5, 5.41) is 10.8. The molecule has 0 amide bonds. The minimum Gasteiger partial charge on any atom is -0.507 e. The maximum atomic E-state index is 9.72. The van der Waals surface area contributed by atoms with E-state index in [-0.39, 0.29) is 5.75 Å². The Morgan fingerprint density at radius 3 is 3.12 bits per heavy atom. The number of hydrogen-bond donors (Lipinski definition) is 2. The number of H-pyrrole nitrogens is 1. The molecule has 0 aliphatic rings. The van der Waals surface area contributed by atoms with E-state index in [4.69, 9.17) is 0 Å². The second-order valence-corrected chi connectivity index (χ2v) is 3.58. The summed E-state index contributed by atoms with van der Waals surface area (Å²) in [4.78, 5) is 7.31. The first kappa shape index (κ1) is 8.97. The zero-order chi connectivity index (χ0) is 11.0. The average Bonchev–Trinajstić information content (AvgIpc) is 2.76. The zero-order valence-corrected chi connectivity index (χ0v) is 8.44. The molecule has 0 atom stereocenters. The summed E-state index contributed by atoms with van der Waals surface area (Å²) in [7, 11) is 0. The van der Waals surface area contributed by atoms with Gasteiger partial charge in [0.2, 0.25) is 0 Å². The number of rotatable bonds is 1. The maximum absolute atomic E-state index is 9.72. The number of hydrogen-bond acceptors (Lipinski definition) is 2. The molecule has 1 radical (unpaired) electrons. The van der Waals surface area contributed by atoms with E-state index in [0.29, 0.717) is 0 Å². The number of phenols is 1. The van der Waals surface area contributed by atoms with Gasteiger partial charge >= 0.3 is 0 Å². The van der Waals surface area contributed by atoms with Gasteiger partial charge in [-0.1, -0.05) is 6.07 Å². The Hall–Kier alpha value is -2.29. The molecule has 3 rings (SSSR count). The zero-order valence-electron chi connectivity index (χ0n) is 8.44. The fraction of sp³-hybridized carbons (Fsp3) is 0. The molecular weight excluding hydrogens is 200 g/mol. The normalized spacial score (nSPS) is 10.8. The third-order valence-corrected chi connectivity index (χ3v) is 2.55. The first-order valence-corrected chi connectivity index (χ1v) is 4.97. The van der Waals surface area contributed by atoms with Crippen LogP contribution in [0.4, 0.5) is 0 Å². The number of phenolic OH excluding ortho intramolecular Hbond substituents is 1. The summed E-state index contributed by atoms with van der Waals surface area (Å²) < 4.78 is 0. The number of aromatic hydroxyl groups is 1. The van der Waals surface area contributed by atoms with E-state index in [1.54, 1.807) is 18.3 Å². The van der Waals surface area contributed by atoms with Crippen LogP contribution in [0.25, 0.3) is 22.2 Å². The predicted octanol–water partition coefficient (Wildman–Crippen LogP) is 2.74. The average molecular weight is 209 g/mol. The van der Waals surface area contributed by atoms with Crippen molar-refractivity contribution in [3.8, 4) is 16.9 Å². The summed E-state index contributed by atoms with van der Waals surface area (Å²) in [6.07, 6.45) is 3.59. The molecule has 3 aromatic rings. The summed E-state index contributed by atoms with van der Waals surface area (Å²) in [5.41, 5.74) is 2.53. The smallest absolute Gasteiger partial charge is 0.137 e. The third kappa shape index (κ3) is 1.34. The van der Waals surface area contributed by atoms with Crippen molar-refractivity contribution < 1.29 is 5.11 Å². The largest absolute Gasteiger partial charge is 0.507 e. The molecule has 2 aromatic heterocycles. The van der Waals surface area contributed by atoms with Crippen molar-refractivity contribution in [2.75, 3.05) is 0 Å². The van der Waals surface area contributed by atoms with Gasteiger partial charge in [-0.25, -0.2) is 4.98 Å². The van der Waals surface area contributed by atoms with E-state index in [1.807, 2.05) is 24.4 Å². The maximum Gasteiger partial charge on any atom is 0.137 e. The second-order valence-electron chi connectivity index (χ2n) is 3.58. The lowest BCUT2D eigenvalue weighted by Gasteiger charge is -2.03. The number of benzene rings is 1. The summed E-state index contributed by atoms with van der Waals surface area (Å²) in [6.45, 7) is 0. The molecule has 0 unspecified atom stereocenters. The van der Waals surface area contributed by atoms with Gasteiger partial charge in [0.05, 0.1) is 0 Å². The molecule has 77 valence electrons. The highest BCUT2D eigenvalue weighted by Gasteiger charge is 2.05. The van der Waals surface area contributed by atoms with Crippen LogP contribution in [0.1, 0.15) is 0 Å². The predicted molar refractivity (Wildman–Crippen MR) is 62.0 cm³/mol. The fourth-order valence-electron chi connectivity index (χ4n) is 1.75. The summed E-state index contributed by atoms with van der Waals surface area (Å²) in [6, 6.07) is 11.9. The van der Waals surface area contributed by atoms with Gasteiger partial charge in [0.1, 0.15) is 11.4 Å². The van der Waals surface area contributed by atoms with Crippen molar-refractivity contribution in [3.63, 3.8) is 0 Å². The molecular formula is C13H9N2O. The first-order chi connectivity index (χ1) is 7.84. The molecule has 3 nitrogen and oxygen atoms in total. The van der Waals surface area contributed by atoms with Crippen LogP contribution in [0.15, 0.2) is 42.7 Å². The van der Waals surface area contributed by atoms with Crippen LogP contribution in [-0.4, -0.2) is 15.1 Å². The Labute approximate surface area is 92.4 Å². The van der Waals surface area contributed by atoms with Crippen molar-refractivity contribution in [1.29, 1.82) is 0 Å². The summed E-state index contributed by atoms with van der Waals surface area (Å²) >= 11 is 0. The molecule has 0 saturated heterocycles. The fourth-order valence-corrected chi connectivity index (χ4v) is 1.75. The number of nitrogens with zero attached hydrogens (tertiary/aromatic N) is 1. The van der Waals surface area contributed by atoms with Gasteiger partial charge in [0, 0.05) is 28.9 Å². The van der Waals surface area contributed by atoms with Crippen LogP contribution in [0.3, 0.4) is 0 Å². The SMILES string of the molecule is Oc1c[c]ccc1-c1cnc2[nH]ccc2c1. The molecule has 0 spiro atoms. The molecule has 2 N–H and O–H groups in total. The number of fused-ring (bicyclic) bond motifs is 1. The lowest BCUT2D eigenvalue weighted by atomic mass is 10.1. The highest BCUT2D eigenvalue weighted by molar-refractivity contribution is 5.82. The molecule has 0 fully saturated rings. The Bertz CT molecular complexity index is 643. The first-order valence-electron chi connectivity index (χ1n) is 4.97. The van der Waals surface area contributed by atoms with Crippen LogP contribution in [0.2, 0.25) is 0 Å². The number of aromatic amines is 1. The Balaban J connectivity index is 2.22. The lowest BCUT2D eigenvalue weighted by Crippen LogP contribution is -1.82. The van der Waals surface area contributed by atoms with Gasteiger partial charge in [-0.3, -0.25) is 0 Å². The molecule has 0 saturated carbocycles. The lowest BCUT2D eigenvalue weighted by molar-refractivity contribution is 0.477. The van der Waals surface area contributed by atoms with Crippen LogP contribution in [0.5, 0.6) is 5.75 Å². The summed E-state index contributed by atoms with van der Waals surface area (Å²) in [5.74, 6) is 0.221. The number of aromatic nitrogens is 2. The van der Waals surface area contributed by atoms with E-state index < -0.39 is 0 Å². The van der Waals surface area contributed by atoms with Crippen LogP contribution < -0.4 is 0 Å². The monoisotopic (exact) mass is 209 g/mol. The van der Waals surface area contributed by atoms with E-state index in [1.165, 1.54) is 0 Å². The van der Waals surface area contributed by atoms with E-state index in [0.717, 1.165) is 22.2 Å². The van der Waals surface area contributed by atoms with E-state index >= 15 is 0 Å². The van der Waals surface area contributed by atoms with Gasteiger partial charge in [-0.05, 0) is 30.3 Å². The topological polar surface area (TPSA) is 48.9 Å². The Morgan fingerprint density at radius 1 is 1.31 bits per heavy atom. The molecule has 0 bridgehead atoms. The third-order valence-electron chi connectivity index (χ3n) is 2.55. The molecule has 2 heterocycles. The molecule has 0 aliphatic carbocycles. The van der Waals surface area contributed by atoms with Crippen LogP contribution in [-0.2, 0) is 0 Å². The number of nitrogens with one attached hydrogen (secondary N) is 1. The van der Waals surface area contributed by atoms with Gasteiger partial charge < -0.3 is 10.1 Å². The Morgan fingerprint density at radius 2 is 2.25 bits per heavy atom. The van der Waals surface area contributed by atoms with Gasteiger partial charge in [-0.2, -0.15) is 0 Å². The van der Waals surface area contributed by atoms with Crippen molar-refractivity contribution in [2.24, 2.45) is 0 Å². The Kier molecular flexibility index (Phi) is 1.90. The quantitative estimate of drug-likeness (QED) is 0.647. The standard InChI is InChI=1S/C13H9N2O/c16-12-4-2-1-3-11(12)10-7-9-5-6-14-13(9)15-8-10/h1,3-8,16H,(H,14,15). The van der Waals surface area contributed by atoms with Gasteiger partial charge in [0.25, 0.3) is 0 Å². The molecule has 0 aliphatic heterocycles. The van der Waals surface area contributed by atoms with Gasteiger partial charge in [0.15, 0.2) is 0 Å². The highest BCUT2D eigenvalue weighted by atomic mass is 16.3. The van der Waals surface area contributed by atoms with Gasteiger partial charge in [-0.15, -0.1) is 0 Å². The second kappa shape index (κ2) is 3.38. The van der Waals surface area contributed by atoms with Crippen molar-refractivity contribution in [2.45, 2.75) is 0 Å². The highest BCUT2D eigenvalue weighted by Crippen LogP contribution is 2.29. The molecule has 1 aromatic carbocycles. The number of pyridine rings is 1. The van der Waals surface area contributed by atoms with Crippen molar-refractivity contribution in [1.82, 2.24) is 9.97 Å². The van der Waals surface area contributed by atoms with Crippen LogP contribution >= 0.6 is 0 Å². The minimum atomic E-state index is 0.221. The van der Waals surface area contributed by atoms with Crippen LogP contribution in [0, 0.1) is 6.07 Å².